The summed E-state index contributed by atoms with van der Waals surface area (Å²) in [4.78, 5) is 12.1. The van der Waals surface area contributed by atoms with E-state index in [9.17, 15) is 9.90 Å². The molecule has 5 heteroatoms. The molecular formula is C17H22O5. The fraction of sp³-hybridized carbons (Fsp3) is 0.588. The summed E-state index contributed by atoms with van der Waals surface area (Å²) >= 11 is 0. The van der Waals surface area contributed by atoms with Gasteiger partial charge in [0.2, 0.25) is 0 Å². The predicted molar refractivity (Wildman–Crippen MR) is 79.7 cm³/mol. The molecule has 1 N–H and O–H groups in total. The molecule has 1 saturated heterocycles. The Labute approximate surface area is 130 Å². The largest absolute Gasteiger partial charge is 0.497 e. The summed E-state index contributed by atoms with van der Waals surface area (Å²) in [6.07, 6.45) is 1.17. The summed E-state index contributed by atoms with van der Waals surface area (Å²) in [6.45, 7) is 3.52. The van der Waals surface area contributed by atoms with E-state index in [1.807, 2.05) is 18.2 Å². The van der Waals surface area contributed by atoms with E-state index in [0.29, 0.717) is 6.42 Å². The van der Waals surface area contributed by atoms with Crippen LogP contribution in [-0.2, 0) is 20.7 Å². The molecule has 2 bridgehead atoms. The minimum atomic E-state index is -1.54. The summed E-state index contributed by atoms with van der Waals surface area (Å²) < 4.78 is 16.3. The Morgan fingerprint density at radius 3 is 2.95 bits per heavy atom. The van der Waals surface area contributed by atoms with Gasteiger partial charge in [0.15, 0.2) is 5.60 Å². The highest BCUT2D eigenvalue weighted by molar-refractivity contribution is 5.79. The van der Waals surface area contributed by atoms with Crippen molar-refractivity contribution in [1.29, 1.82) is 0 Å². The van der Waals surface area contributed by atoms with Crippen molar-refractivity contribution in [2.24, 2.45) is 5.92 Å². The van der Waals surface area contributed by atoms with Crippen LogP contribution in [0, 0.1) is 5.92 Å². The molecule has 2 aliphatic rings. The van der Waals surface area contributed by atoms with Gasteiger partial charge in [-0.05, 0) is 49.9 Å². The fourth-order valence-electron chi connectivity index (χ4n) is 3.55. The van der Waals surface area contributed by atoms with Crippen LogP contribution in [0.25, 0.3) is 0 Å². The maximum absolute atomic E-state index is 12.1. The summed E-state index contributed by atoms with van der Waals surface area (Å²) in [5.74, 6) is -0.0637. The summed E-state index contributed by atoms with van der Waals surface area (Å²) in [6, 6.07) is 5.87. The number of fused-ring (bicyclic) bond motifs is 4. The van der Waals surface area contributed by atoms with Crippen LogP contribution in [0.2, 0.25) is 0 Å². The molecule has 120 valence electrons. The molecule has 1 fully saturated rings. The van der Waals surface area contributed by atoms with Gasteiger partial charge in [-0.15, -0.1) is 0 Å². The fourth-order valence-corrected chi connectivity index (χ4v) is 3.55. The summed E-state index contributed by atoms with van der Waals surface area (Å²) in [7, 11) is 1.64. The third-order valence-corrected chi connectivity index (χ3v) is 4.74. The van der Waals surface area contributed by atoms with Crippen LogP contribution in [0.15, 0.2) is 18.2 Å². The van der Waals surface area contributed by atoms with Crippen molar-refractivity contribution in [2.75, 3.05) is 13.7 Å². The van der Waals surface area contributed by atoms with Gasteiger partial charge >= 0.3 is 5.97 Å². The molecule has 0 spiro atoms. The molecule has 3 rings (SSSR count). The number of aliphatic hydroxyl groups is 1. The van der Waals surface area contributed by atoms with Gasteiger partial charge in [0.25, 0.3) is 0 Å². The van der Waals surface area contributed by atoms with E-state index in [4.69, 9.17) is 14.2 Å². The van der Waals surface area contributed by atoms with Gasteiger partial charge in [-0.25, -0.2) is 4.79 Å². The van der Waals surface area contributed by atoms with Crippen LogP contribution in [0.3, 0.4) is 0 Å². The molecule has 0 unspecified atom stereocenters. The van der Waals surface area contributed by atoms with E-state index in [1.54, 1.807) is 14.0 Å². The average molecular weight is 306 g/mol. The number of hydrogen-bond donors (Lipinski definition) is 1. The van der Waals surface area contributed by atoms with Gasteiger partial charge in [0.05, 0.1) is 25.9 Å². The second-order valence-electron chi connectivity index (χ2n) is 6.16. The van der Waals surface area contributed by atoms with Crippen molar-refractivity contribution < 1.29 is 24.1 Å². The molecule has 1 aromatic carbocycles. The summed E-state index contributed by atoms with van der Waals surface area (Å²) in [5.41, 5.74) is 0.656. The number of ether oxygens (including phenoxy) is 3. The number of carbonyl (C=O) groups excluding carboxylic acids is 1. The Balaban J connectivity index is 1.92. The molecule has 0 aromatic heterocycles. The molecular weight excluding hydrogens is 284 g/mol. The zero-order chi connectivity index (χ0) is 15.9. The molecule has 22 heavy (non-hydrogen) atoms. The minimum Gasteiger partial charge on any atom is -0.497 e. The van der Waals surface area contributed by atoms with E-state index >= 15 is 0 Å². The lowest BCUT2D eigenvalue weighted by Crippen LogP contribution is -2.45. The number of hydrogen-bond acceptors (Lipinski definition) is 5. The van der Waals surface area contributed by atoms with Gasteiger partial charge in [-0.3, -0.25) is 0 Å². The van der Waals surface area contributed by atoms with Crippen molar-refractivity contribution in [3.05, 3.63) is 29.3 Å². The van der Waals surface area contributed by atoms with Crippen molar-refractivity contribution in [3.8, 4) is 5.75 Å². The molecule has 1 aromatic rings. The van der Waals surface area contributed by atoms with Crippen LogP contribution >= 0.6 is 0 Å². The van der Waals surface area contributed by atoms with Gasteiger partial charge < -0.3 is 19.3 Å². The first-order chi connectivity index (χ1) is 10.5. The smallest absolute Gasteiger partial charge is 0.338 e. The Bertz CT molecular complexity index is 580. The third-order valence-electron chi connectivity index (χ3n) is 4.74. The molecule has 2 heterocycles. The molecule has 2 aliphatic heterocycles. The van der Waals surface area contributed by atoms with Crippen LogP contribution in [-0.4, -0.2) is 36.5 Å². The Hall–Kier alpha value is -1.59. The van der Waals surface area contributed by atoms with Crippen LogP contribution in [0.1, 0.15) is 37.5 Å². The highest BCUT2D eigenvalue weighted by Crippen LogP contribution is 2.50. The topological polar surface area (TPSA) is 65.0 Å². The lowest BCUT2D eigenvalue weighted by Gasteiger charge is -2.32. The van der Waals surface area contributed by atoms with Crippen LogP contribution < -0.4 is 4.74 Å². The van der Waals surface area contributed by atoms with Crippen LogP contribution in [0.4, 0.5) is 0 Å². The third kappa shape index (κ3) is 2.38. The monoisotopic (exact) mass is 306 g/mol. The second-order valence-corrected chi connectivity index (χ2v) is 6.16. The van der Waals surface area contributed by atoms with Crippen molar-refractivity contribution in [3.63, 3.8) is 0 Å². The molecule has 0 radical (unpaired) electrons. The van der Waals surface area contributed by atoms with Crippen LogP contribution in [0.5, 0.6) is 5.75 Å². The van der Waals surface area contributed by atoms with Gasteiger partial charge in [0.1, 0.15) is 5.75 Å². The average Bonchev–Trinajstić information content (AvgIpc) is 2.85. The predicted octanol–water partition coefficient (Wildman–Crippen LogP) is 2.01. The van der Waals surface area contributed by atoms with Gasteiger partial charge in [-0.2, -0.15) is 0 Å². The van der Waals surface area contributed by atoms with Crippen molar-refractivity contribution in [1.82, 2.24) is 0 Å². The number of methoxy groups -OCH3 is 1. The SMILES string of the molecule is CCOC(=O)[C@@](C)(O)[C@@H]1C[C@H]2Cc3cc(OC)ccc3[C@@H]1O2. The maximum atomic E-state index is 12.1. The van der Waals surface area contributed by atoms with Gasteiger partial charge in [-0.1, -0.05) is 6.07 Å². The lowest BCUT2D eigenvalue weighted by atomic mass is 9.81. The lowest BCUT2D eigenvalue weighted by molar-refractivity contribution is -0.171. The minimum absolute atomic E-state index is 0.0236. The van der Waals surface area contributed by atoms with Crippen molar-refractivity contribution in [2.45, 2.75) is 44.5 Å². The Morgan fingerprint density at radius 1 is 1.50 bits per heavy atom. The number of benzene rings is 1. The number of esters is 1. The standard InChI is InChI=1S/C17H22O5/c1-4-21-16(18)17(2,19)14-9-12-8-10-7-11(20-3)5-6-13(10)15(14)22-12/h5-7,12,14-15,19H,4,8-9H2,1-3H3/t12-,14-,15+,17+/m1/s1. The van der Waals surface area contributed by atoms with Gasteiger partial charge in [0, 0.05) is 5.92 Å². The van der Waals surface area contributed by atoms with E-state index < -0.39 is 11.6 Å². The van der Waals surface area contributed by atoms with E-state index in [0.717, 1.165) is 17.7 Å². The van der Waals surface area contributed by atoms with E-state index in [1.165, 1.54) is 12.5 Å². The number of carbonyl (C=O) groups is 1. The second kappa shape index (κ2) is 5.56. The number of rotatable bonds is 4. The van der Waals surface area contributed by atoms with E-state index in [-0.39, 0.29) is 24.7 Å². The normalized spacial score (nSPS) is 28.6. The van der Waals surface area contributed by atoms with E-state index in [2.05, 4.69) is 0 Å². The highest BCUT2D eigenvalue weighted by atomic mass is 16.6. The first kappa shape index (κ1) is 15.3. The maximum Gasteiger partial charge on any atom is 0.338 e. The molecule has 0 amide bonds. The first-order valence-corrected chi connectivity index (χ1v) is 7.69. The Kier molecular flexibility index (Phi) is 3.87. The molecule has 0 saturated carbocycles. The van der Waals surface area contributed by atoms with Crippen molar-refractivity contribution >= 4 is 5.97 Å². The first-order valence-electron chi connectivity index (χ1n) is 7.69. The molecule has 5 nitrogen and oxygen atoms in total. The highest BCUT2D eigenvalue weighted by Gasteiger charge is 2.53. The molecule has 0 aliphatic carbocycles. The summed E-state index contributed by atoms with van der Waals surface area (Å²) in [5, 5.41) is 10.7. The Morgan fingerprint density at radius 2 is 2.27 bits per heavy atom. The quantitative estimate of drug-likeness (QED) is 0.862. The molecule has 4 atom stereocenters. The zero-order valence-electron chi connectivity index (χ0n) is 13.2. The zero-order valence-corrected chi connectivity index (χ0v) is 13.2.